The first-order chi connectivity index (χ1) is 25.8. The third-order valence-corrected chi connectivity index (χ3v) is 8.39. The SMILES string of the molecule is COCOc1cc2c(cc1C(=O)c1ccc(C(=O)O[C@@H]3CCCN(OC(=O)OC(C)(C)C)C[C@H]3NC(=O)c3cc(C)c(OCOC)c(C)c3)cc1)OCO2. The molecule has 3 aromatic carbocycles. The second-order valence-electron chi connectivity index (χ2n) is 13.8. The van der Waals surface area contributed by atoms with Gasteiger partial charge in [-0.1, -0.05) is 12.1 Å². The van der Waals surface area contributed by atoms with Crippen molar-refractivity contribution in [2.75, 3.05) is 47.7 Å². The van der Waals surface area contributed by atoms with Crippen LogP contribution in [0, 0.1) is 13.8 Å². The number of ether oxygens (including phenoxy) is 8. The van der Waals surface area contributed by atoms with Crippen LogP contribution in [-0.2, 0) is 23.8 Å². The standard InChI is InChI=1S/C39H46N2O13/c1-23-15-27(16-24(2)35(23)51-21-47-7)36(43)40-29-19-41(54-38(45)53-39(3,4)5)14-8-9-30(29)52-37(44)26-12-10-25(11-13-26)34(42)28-17-32-33(50-22-49-32)18-31(28)48-20-46-6/h10-13,15-18,29-30H,8-9,14,19-22H2,1-7H3,(H,40,43)/t29-,30-/m1/s1. The number of fused-ring (bicyclic) bond motifs is 1. The first-order valence-electron chi connectivity index (χ1n) is 17.4. The average molecular weight is 751 g/mol. The van der Waals surface area contributed by atoms with Gasteiger partial charge in [-0.2, -0.15) is 0 Å². The molecule has 0 aliphatic carbocycles. The minimum Gasteiger partial charge on any atom is -0.467 e. The number of aryl methyl sites for hydroxylation is 2. The number of carbonyl (C=O) groups excluding carboxylic acids is 4. The Kier molecular flexibility index (Phi) is 13.0. The molecule has 1 amide bonds. The van der Waals surface area contributed by atoms with E-state index >= 15 is 0 Å². The molecule has 54 heavy (non-hydrogen) atoms. The highest BCUT2D eigenvalue weighted by atomic mass is 16.8. The van der Waals surface area contributed by atoms with Gasteiger partial charge in [0.2, 0.25) is 6.79 Å². The monoisotopic (exact) mass is 750 g/mol. The van der Waals surface area contributed by atoms with E-state index in [0.717, 1.165) is 11.1 Å². The number of hydrogen-bond donors (Lipinski definition) is 1. The zero-order valence-corrected chi connectivity index (χ0v) is 31.5. The van der Waals surface area contributed by atoms with Gasteiger partial charge in [-0.15, -0.1) is 5.06 Å². The Bertz CT molecular complexity index is 1810. The number of carbonyl (C=O) groups is 4. The smallest absolute Gasteiger partial charge is 0.467 e. The van der Waals surface area contributed by atoms with Crippen molar-refractivity contribution in [3.05, 3.63) is 81.9 Å². The molecule has 0 aromatic heterocycles. The van der Waals surface area contributed by atoms with Gasteiger partial charge in [-0.3, -0.25) is 9.59 Å². The number of nitrogens with one attached hydrogen (secondary N) is 1. The van der Waals surface area contributed by atoms with Crippen molar-refractivity contribution in [1.82, 2.24) is 10.4 Å². The molecule has 15 nitrogen and oxygen atoms in total. The Hall–Kier alpha value is -5.38. The van der Waals surface area contributed by atoms with Crippen molar-refractivity contribution >= 4 is 23.8 Å². The highest BCUT2D eigenvalue weighted by Crippen LogP contribution is 2.39. The lowest BCUT2D eigenvalue weighted by molar-refractivity contribution is -0.144. The van der Waals surface area contributed by atoms with Crippen molar-refractivity contribution < 1.29 is 61.9 Å². The molecule has 290 valence electrons. The molecule has 2 atom stereocenters. The fourth-order valence-corrected chi connectivity index (χ4v) is 5.97. The van der Waals surface area contributed by atoms with E-state index in [4.69, 9.17) is 42.7 Å². The van der Waals surface area contributed by atoms with Crippen LogP contribution in [-0.4, -0.2) is 94.3 Å². The van der Waals surface area contributed by atoms with E-state index in [1.807, 2.05) is 13.8 Å². The summed E-state index contributed by atoms with van der Waals surface area (Å²) < 4.78 is 43.6. The van der Waals surface area contributed by atoms with E-state index in [0.29, 0.717) is 42.2 Å². The van der Waals surface area contributed by atoms with Crippen LogP contribution in [0.5, 0.6) is 23.0 Å². The van der Waals surface area contributed by atoms with Crippen LogP contribution in [0.1, 0.15) is 81.4 Å². The number of esters is 1. The number of ketones is 1. The second kappa shape index (κ2) is 17.6. The molecule has 5 rings (SSSR count). The van der Waals surface area contributed by atoms with Gasteiger partial charge >= 0.3 is 12.1 Å². The predicted octanol–water partition coefficient (Wildman–Crippen LogP) is 5.52. The van der Waals surface area contributed by atoms with E-state index < -0.39 is 35.8 Å². The van der Waals surface area contributed by atoms with E-state index in [1.54, 1.807) is 45.0 Å². The topological polar surface area (TPSA) is 167 Å². The zero-order chi connectivity index (χ0) is 39.0. The van der Waals surface area contributed by atoms with Crippen LogP contribution in [0.3, 0.4) is 0 Å². The van der Waals surface area contributed by atoms with Crippen molar-refractivity contribution in [3.8, 4) is 23.0 Å². The molecule has 2 heterocycles. The van der Waals surface area contributed by atoms with E-state index in [2.05, 4.69) is 5.32 Å². The molecular weight excluding hydrogens is 704 g/mol. The summed E-state index contributed by atoms with van der Waals surface area (Å²) in [5.74, 6) is 0.236. The summed E-state index contributed by atoms with van der Waals surface area (Å²) in [5, 5.41) is 4.39. The number of methoxy groups -OCH3 is 2. The Labute approximate surface area is 313 Å². The van der Waals surface area contributed by atoms with Crippen LogP contribution in [0.15, 0.2) is 48.5 Å². The maximum Gasteiger partial charge on any atom is 0.528 e. The Morgan fingerprint density at radius 2 is 1.48 bits per heavy atom. The lowest BCUT2D eigenvalue weighted by Gasteiger charge is -2.29. The average Bonchev–Trinajstić information content (AvgIpc) is 3.50. The molecule has 0 saturated carbocycles. The van der Waals surface area contributed by atoms with Gasteiger partial charge < -0.3 is 48.0 Å². The second-order valence-corrected chi connectivity index (χ2v) is 13.8. The Balaban J connectivity index is 1.34. The van der Waals surface area contributed by atoms with Crippen molar-refractivity contribution in [3.63, 3.8) is 0 Å². The number of rotatable bonds is 13. The normalized spacial score (nSPS) is 16.9. The summed E-state index contributed by atoms with van der Waals surface area (Å²) in [7, 11) is 2.99. The molecule has 15 heteroatoms. The van der Waals surface area contributed by atoms with Crippen LogP contribution in [0.4, 0.5) is 4.79 Å². The summed E-state index contributed by atoms with van der Waals surface area (Å²) in [5.41, 5.74) is 1.74. The third-order valence-electron chi connectivity index (χ3n) is 8.39. The predicted molar refractivity (Wildman–Crippen MR) is 192 cm³/mol. The molecule has 1 saturated heterocycles. The van der Waals surface area contributed by atoms with Gasteiger partial charge in [0.05, 0.1) is 23.7 Å². The van der Waals surface area contributed by atoms with Crippen LogP contribution in [0.25, 0.3) is 0 Å². The summed E-state index contributed by atoms with van der Waals surface area (Å²) in [6.07, 6.45) is -0.894. The lowest BCUT2D eigenvalue weighted by atomic mass is 10.0. The number of nitrogens with zero attached hydrogens (tertiary/aromatic N) is 1. The molecule has 1 fully saturated rings. The molecule has 1 N–H and O–H groups in total. The van der Waals surface area contributed by atoms with Gasteiger partial charge in [0.1, 0.15) is 23.2 Å². The molecule has 2 aliphatic heterocycles. The van der Waals surface area contributed by atoms with Gasteiger partial charge in [0.15, 0.2) is 30.9 Å². The molecule has 0 spiro atoms. The van der Waals surface area contributed by atoms with Gasteiger partial charge in [0, 0.05) is 38.0 Å². The van der Waals surface area contributed by atoms with Gasteiger partial charge in [-0.05, 0) is 88.9 Å². The fourth-order valence-electron chi connectivity index (χ4n) is 5.97. The van der Waals surface area contributed by atoms with Crippen molar-refractivity contribution in [2.24, 2.45) is 0 Å². The summed E-state index contributed by atoms with van der Waals surface area (Å²) >= 11 is 0. The number of amides is 1. The Morgan fingerprint density at radius 3 is 2.13 bits per heavy atom. The largest absolute Gasteiger partial charge is 0.528 e. The summed E-state index contributed by atoms with van der Waals surface area (Å²) in [4.78, 5) is 58.9. The zero-order valence-electron chi connectivity index (χ0n) is 31.5. The highest BCUT2D eigenvalue weighted by molar-refractivity contribution is 6.11. The molecule has 0 unspecified atom stereocenters. The maximum absolute atomic E-state index is 13.7. The molecule has 2 aliphatic rings. The van der Waals surface area contributed by atoms with Gasteiger partial charge in [0.25, 0.3) is 5.91 Å². The maximum atomic E-state index is 13.7. The molecular formula is C39H46N2O13. The van der Waals surface area contributed by atoms with Crippen LogP contribution in [0.2, 0.25) is 0 Å². The third kappa shape index (κ3) is 10.2. The first-order valence-corrected chi connectivity index (χ1v) is 17.4. The lowest BCUT2D eigenvalue weighted by Crippen LogP contribution is -2.50. The molecule has 0 bridgehead atoms. The highest BCUT2D eigenvalue weighted by Gasteiger charge is 2.34. The van der Waals surface area contributed by atoms with E-state index in [-0.39, 0.29) is 55.1 Å². The molecule has 3 aromatic rings. The fraction of sp³-hybridized carbons (Fsp3) is 0.436. The minimum absolute atomic E-state index is 0.00632. The number of hydrogen-bond acceptors (Lipinski definition) is 14. The van der Waals surface area contributed by atoms with E-state index in [1.165, 1.54) is 43.5 Å². The van der Waals surface area contributed by atoms with Crippen molar-refractivity contribution in [1.29, 1.82) is 0 Å². The van der Waals surface area contributed by atoms with E-state index in [9.17, 15) is 19.2 Å². The number of hydroxylamine groups is 2. The van der Waals surface area contributed by atoms with Gasteiger partial charge in [-0.25, -0.2) is 9.59 Å². The first kappa shape index (κ1) is 39.8. The summed E-state index contributed by atoms with van der Waals surface area (Å²) in [6.45, 7) is 9.10. The van der Waals surface area contributed by atoms with Crippen LogP contribution < -0.4 is 24.3 Å². The van der Waals surface area contributed by atoms with Crippen molar-refractivity contribution in [2.45, 2.75) is 65.2 Å². The van der Waals surface area contributed by atoms with Crippen LogP contribution >= 0.6 is 0 Å². The Morgan fingerprint density at radius 1 is 0.852 bits per heavy atom. The minimum atomic E-state index is -0.895. The number of benzene rings is 3. The quantitative estimate of drug-likeness (QED) is 0.132. The summed E-state index contributed by atoms with van der Waals surface area (Å²) in [6, 6.07) is 11.7. The molecule has 0 radical (unpaired) electrons.